The van der Waals surface area contributed by atoms with E-state index in [4.69, 9.17) is 4.74 Å². The van der Waals surface area contributed by atoms with Gasteiger partial charge in [-0.3, -0.25) is 0 Å². The van der Waals surface area contributed by atoms with Crippen LogP contribution in [0.2, 0.25) is 0 Å². The van der Waals surface area contributed by atoms with E-state index in [0.29, 0.717) is 23.1 Å². The van der Waals surface area contributed by atoms with Gasteiger partial charge in [-0.05, 0) is 97.6 Å². The maximum atomic E-state index is 10.6. The summed E-state index contributed by atoms with van der Waals surface area (Å²) < 4.78 is 6.55. The van der Waals surface area contributed by atoms with Gasteiger partial charge in [0.25, 0.3) is 0 Å². The molecule has 0 bridgehead atoms. The summed E-state index contributed by atoms with van der Waals surface area (Å²) in [6.07, 6.45) is 14.2. The third-order valence-electron chi connectivity index (χ3n) is 7.39. The van der Waals surface area contributed by atoms with Crippen molar-refractivity contribution in [2.45, 2.75) is 38.7 Å². The molecule has 1 aliphatic rings. The Morgan fingerprint density at radius 3 is 1.75 bits per heavy atom. The first-order chi connectivity index (χ1) is 20.9. The van der Waals surface area contributed by atoms with Crippen molar-refractivity contribution in [3.63, 3.8) is 0 Å². The van der Waals surface area contributed by atoms with E-state index >= 15 is 0 Å². The first kappa shape index (κ1) is 30.1. The molecule has 0 aromatic heterocycles. The number of fused-ring (bicyclic) bond motifs is 1. The molecule has 0 saturated carbocycles. The predicted molar refractivity (Wildman–Crippen MR) is 177 cm³/mol. The van der Waals surface area contributed by atoms with Gasteiger partial charge in [0.15, 0.2) is 0 Å². The summed E-state index contributed by atoms with van der Waals surface area (Å²) in [7, 11) is 0. The summed E-state index contributed by atoms with van der Waals surface area (Å²) in [5, 5.41) is 49.7. The van der Waals surface area contributed by atoms with Gasteiger partial charge in [-0.15, -0.1) is 0 Å². The number of phenols is 5. The van der Waals surface area contributed by atoms with Crippen LogP contribution in [-0.4, -0.2) is 31.1 Å². The summed E-state index contributed by atoms with van der Waals surface area (Å²) in [6, 6.07) is 20.2. The van der Waals surface area contributed by atoms with E-state index in [2.05, 4.69) is 26.0 Å². The van der Waals surface area contributed by atoms with Crippen molar-refractivity contribution in [2.24, 2.45) is 0 Å². The zero-order valence-electron chi connectivity index (χ0n) is 24.9. The van der Waals surface area contributed by atoms with Gasteiger partial charge in [0.2, 0.25) is 0 Å². The standard InChI is InChI=1S/C38H36O6/c1-24(2)14-30-23-38(3,44-37-11-9-26(20-35(30)37)5-7-28-18-33(41)22-34(42)19-28)13-12-29-15-25(8-10-36(29)43)4-6-27-16-31(39)21-32(40)17-27/h4-22,30,39-43H,23H2,1-3H3/b6-4+,7-5+,13-12+/t30-,38+/m1/s1. The smallest absolute Gasteiger partial charge is 0.126 e. The van der Waals surface area contributed by atoms with Crippen LogP contribution in [0.1, 0.15) is 66.5 Å². The molecule has 0 saturated heterocycles. The lowest BCUT2D eigenvalue weighted by atomic mass is 9.81. The molecule has 6 nitrogen and oxygen atoms in total. The quantitative estimate of drug-likeness (QED) is 0.109. The number of aromatic hydroxyl groups is 5. The molecule has 1 aliphatic heterocycles. The van der Waals surface area contributed by atoms with Crippen LogP contribution in [0.4, 0.5) is 0 Å². The van der Waals surface area contributed by atoms with Crippen LogP contribution >= 0.6 is 0 Å². The molecule has 0 aliphatic carbocycles. The van der Waals surface area contributed by atoms with Gasteiger partial charge in [0, 0.05) is 35.6 Å². The molecule has 224 valence electrons. The van der Waals surface area contributed by atoms with E-state index in [9.17, 15) is 25.5 Å². The third kappa shape index (κ3) is 7.53. The van der Waals surface area contributed by atoms with Crippen LogP contribution in [0.25, 0.3) is 30.4 Å². The highest BCUT2D eigenvalue weighted by molar-refractivity contribution is 5.74. The predicted octanol–water partition coefficient (Wildman–Crippen LogP) is 8.86. The largest absolute Gasteiger partial charge is 0.508 e. The van der Waals surface area contributed by atoms with E-state index in [1.807, 2.05) is 55.5 Å². The maximum Gasteiger partial charge on any atom is 0.126 e. The molecule has 44 heavy (non-hydrogen) atoms. The zero-order chi connectivity index (χ0) is 31.4. The number of benzene rings is 4. The van der Waals surface area contributed by atoms with Crippen LogP contribution in [0.3, 0.4) is 0 Å². The zero-order valence-corrected chi connectivity index (χ0v) is 24.9. The number of hydrogen-bond donors (Lipinski definition) is 5. The highest BCUT2D eigenvalue weighted by Gasteiger charge is 2.34. The number of hydrogen-bond acceptors (Lipinski definition) is 6. The van der Waals surface area contributed by atoms with Crippen molar-refractivity contribution in [2.75, 3.05) is 0 Å². The van der Waals surface area contributed by atoms with E-state index in [0.717, 1.165) is 22.4 Å². The minimum Gasteiger partial charge on any atom is -0.508 e. The van der Waals surface area contributed by atoms with Gasteiger partial charge in [0.05, 0.1) is 0 Å². The highest BCUT2D eigenvalue weighted by atomic mass is 16.5. The average molecular weight is 589 g/mol. The summed E-state index contributed by atoms with van der Waals surface area (Å²) in [6.45, 7) is 6.20. The van der Waals surface area contributed by atoms with Gasteiger partial charge in [-0.2, -0.15) is 0 Å². The Hall–Kier alpha value is -5.36. The van der Waals surface area contributed by atoms with Gasteiger partial charge >= 0.3 is 0 Å². The Labute approximate surface area is 257 Å². The van der Waals surface area contributed by atoms with Gasteiger partial charge < -0.3 is 30.3 Å². The Morgan fingerprint density at radius 1 is 0.659 bits per heavy atom. The monoisotopic (exact) mass is 588 g/mol. The molecule has 4 aromatic carbocycles. The van der Waals surface area contributed by atoms with Crippen LogP contribution in [-0.2, 0) is 0 Å². The first-order valence-electron chi connectivity index (χ1n) is 14.4. The fraction of sp³-hybridized carbons (Fsp3) is 0.158. The van der Waals surface area contributed by atoms with Crippen molar-refractivity contribution in [1.29, 1.82) is 0 Å². The molecule has 0 radical (unpaired) electrons. The summed E-state index contributed by atoms with van der Waals surface area (Å²) in [4.78, 5) is 0. The minimum atomic E-state index is -0.641. The fourth-order valence-electron chi connectivity index (χ4n) is 5.44. The lowest BCUT2D eigenvalue weighted by molar-refractivity contribution is 0.108. The van der Waals surface area contributed by atoms with Crippen LogP contribution in [0.5, 0.6) is 34.5 Å². The first-order valence-corrected chi connectivity index (χ1v) is 14.4. The third-order valence-corrected chi connectivity index (χ3v) is 7.39. The van der Waals surface area contributed by atoms with Gasteiger partial charge in [0.1, 0.15) is 40.1 Å². The molecule has 5 rings (SSSR count). The van der Waals surface area contributed by atoms with Gasteiger partial charge in [-0.1, -0.05) is 54.2 Å². The number of rotatable bonds is 7. The molecule has 6 heteroatoms. The lowest BCUT2D eigenvalue weighted by Crippen LogP contribution is -2.35. The Kier molecular flexibility index (Phi) is 8.54. The van der Waals surface area contributed by atoms with E-state index in [1.165, 1.54) is 17.7 Å². The Bertz CT molecular complexity index is 1770. The number of allylic oxidation sites excluding steroid dienone is 2. The Balaban J connectivity index is 1.39. The van der Waals surface area contributed by atoms with Crippen molar-refractivity contribution >= 4 is 30.4 Å². The summed E-state index contributed by atoms with van der Waals surface area (Å²) in [5.41, 5.74) is 5.42. The lowest BCUT2D eigenvalue weighted by Gasteiger charge is -2.37. The molecule has 5 N–H and O–H groups in total. The van der Waals surface area contributed by atoms with Crippen molar-refractivity contribution in [3.05, 3.63) is 124 Å². The molecular weight excluding hydrogens is 552 g/mol. The summed E-state index contributed by atoms with van der Waals surface area (Å²) in [5.74, 6) is 0.998. The second-order valence-corrected chi connectivity index (χ2v) is 11.7. The number of phenolic OH excluding ortho intramolecular Hbond substituents is 5. The minimum absolute atomic E-state index is 0.00504. The highest BCUT2D eigenvalue weighted by Crippen LogP contribution is 2.44. The average Bonchev–Trinajstić information content (AvgIpc) is 2.94. The molecule has 0 unspecified atom stereocenters. The fourth-order valence-corrected chi connectivity index (χ4v) is 5.44. The van der Waals surface area contributed by atoms with Gasteiger partial charge in [-0.25, -0.2) is 0 Å². The van der Waals surface area contributed by atoms with Crippen molar-refractivity contribution in [3.8, 4) is 34.5 Å². The number of ether oxygens (including phenoxy) is 1. The van der Waals surface area contributed by atoms with E-state index in [1.54, 1.807) is 42.5 Å². The molecule has 2 atom stereocenters. The maximum absolute atomic E-state index is 10.6. The van der Waals surface area contributed by atoms with Crippen LogP contribution in [0.15, 0.2) is 90.5 Å². The molecule has 0 amide bonds. The molecule has 0 spiro atoms. The SMILES string of the molecule is CC(C)=C[C@@H]1C[C@](C)(/C=C/c2cc(/C=C/c3cc(O)cc(O)c3)ccc2O)Oc2ccc(/C=C/c3cc(O)cc(O)c3)cc21. The van der Waals surface area contributed by atoms with Crippen LogP contribution < -0.4 is 4.74 Å². The topological polar surface area (TPSA) is 110 Å². The second-order valence-electron chi connectivity index (χ2n) is 11.7. The Morgan fingerprint density at radius 2 is 1.18 bits per heavy atom. The van der Waals surface area contributed by atoms with Crippen molar-refractivity contribution in [1.82, 2.24) is 0 Å². The second kappa shape index (κ2) is 12.5. The molecule has 1 heterocycles. The molecule has 0 fully saturated rings. The van der Waals surface area contributed by atoms with E-state index < -0.39 is 5.60 Å². The summed E-state index contributed by atoms with van der Waals surface area (Å²) >= 11 is 0. The molecular formula is C38H36O6. The van der Waals surface area contributed by atoms with Crippen LogP contribution in [0, 0.1) is 0 Å². The molecule has 4 aromatic rings. The normalized spacial score (nSPS) is 18.0. The van der Waals surface area contributed by atoms with E-state index in [-0.39, 0.29) is 34.7 Å². The van der Waals surface area contributed by atoms with Crippen molar-refractivity contribution < 1.29 is 30.3 Å².